The van der Waals surface area contributed by atoms with Crippen LogP contribution >= 0.6 is 0 Å². The molecule has 1 aliphatic rings. The number of fused-ring (bicyclic) bond motifs is 1. The number of aromatic nitrogens is 3. The smallest absolute Gasteiger partial charge is 0.274 e. The molecule has 0 bridgehead atoms. The van der Waals surface area contributed by atoms with E-state index in [0.717, 1.165) is 17.7 Å². The number of anilines is 1. The van der Waals surface area contributed by atoms with Crippen LogP contribution in [-0.2, 0) is 16.8 Å². The molecule has 41 heavy (non-hydrogen) atoms. The van der Waals surface area contributed by atoms with Gasteiger partial charge in [-0.25, -0.2) is 28.6 Å². The quantitative estimate of drug-likeness (QED) is 0.202. The Bertz CT molecular complexity index is 1730. The van der Waals surface area contributed by atoms with Crippen LogP contribution in [-0.4, -0.2) is 51.9 Å². The predicted molar refractivity (Wildman–Crippen MR) is 145 cm³/mol. The van der Waals surface area contributed by atoms with Crippen LogP contribution < -0.4 is 20.3 Å². The number of nitrogen functional groups attached to an aromatic ring is 1. The van der Waals surface area contributed by atoms with Gasteiger partial charge < -0.3 is 25.3 Å². The Morgan fingerprint density at radius 1 is 1.10 bits per heavy atom. The standard InChI is InChI=1S/C27H26F2N6O5S/c28-20-9-18(40-13-15-4-2-1-3-5-15)10-21(29)19(20)7-6-16-12-35(27-23(16)26(30)32-14-33-27)22-8-17(24(36)25(22)37)11-34-41(31,38)39/h1-5,9-10,12,14,17,22,24-25,34,36-37H,8,11,13H2,(H2,30,32,33)(H2,31,38,39)/t17-,22-,24-,25+/m1/s1. The van der Waals surface area contributed by atoms with Crippen LogP contribution in [0.5, 0.6) is 5.75 Å². The molecule has 0 saturated heterocycles. The van der Waals surface area contributed by atoms with Crippen molar-refractivity contribution < 1.29 is 32.1 Å². The summed E-state index contributed by atoms with van der Waals surface area (Å²) in [6.07, 6.45) is 0.279. The van der Waals surface area contributed by atoms with Crippen molar-refractivity contribution in [1.82, 2.24) is 19.3 Å². The lowest BCUT2D eigenvalue weighted by atomic mass is 10.1. The fourth-order valence-corrected chi connectivity index (χ4v) is 5.33. The predicted octanol–water partition coefficient (Wildman–Crippen LogP) is 1.35. The van der Waals surface area contributed by atoms with Gasteiger partial charge in [0.2, 0.25) is 0 Å². The van der Waals surface area contributed by atoms with Crippen molar-refractivity contribution in [1.29, 1.82) is 0 Å². The van der Waals surface area contributed by atoms with E-state index < -0.39 is 51.6 Å². The average molecular weight is 585 g/mol. The van der Waals surface area contributed by atoms with E-state index in [1.807, 2.05) is 30.3 Å². The van der Waals surface area contributed by atoms with Crippen LogP contribution in [0, 0.1) is 29.4 Å². The molecule has 0 spiro atoms. The van der Waals surface area contributed by atoms with Crippen molar-refractivity contribution >= 4 is 27.1 Å². The molecule has 5 rings (SSSR count). The first kappa shape index (κ1) is 28.4. The molecule has 1 fully saturated rings. The van der Waals surface area contributed by atoms with Gasteiger partial charge in [-0.2, -0.15) is 8.42 Å². The lowest BCUT2D eigenvalue weighted by Crippen LogP contribution is -2.38. The maximum absolute atomic E-state index is 14.9. The molecule has 1 saturated carbocycles. The highest BCUT2D eigenvalue weighted by molar-refractivity contribution is 7.87. The minimum absolute atomic E-state index is 0.00362. The van der Waals surface area contributed by atoms with Crippen LogP contribution in [0.15, 0.2) is 55.0 Å². The average Bonchev–Trinajstić information content (AvgIpc) is 3.43. The normalized spacial score (nSPS) is 20.6. The SMILES string of the molecule is Nc1ncnc2c1c(C#Cc1c(F)cc(OCc3ccccc3)cc1F)cn2[C@@H]1C[C@H](CNS(N)(=O)=O)[C@@H](O)[C@H]1O. The molecular weight excluding hydrogens is 558 g/mol. The third kappa shape index (κ3) is 6.14. The molecule has 11 nitrogen and oxygen atoms in total. The molecule has 0 aliphatic heterocycles. The van der Waals surface area contributed by atoms with Crippen LogP contribution in [0.3, 0.4) is 0 Å². The number of nitrogens with zero attached hydrogens (tertiary/aromatic N) is 3. The summed E-state index contributed by atoms with van der Waals surface area (Å²) < 4.78 is 61.5. The van der Waals surface area contributed by atoms with E-state index in [0.29, 0.717) is 0 Å². The number of aliphatic hydroxyl groups excluding tert-OH is 2. The molecule has 2 aromatic heterocycles. The lowest BCUT2D eigenvalue weighted by Gasteiger charge is -2.18. The Morgan fingerprint density at radius 2 is 1.80 bits per heavy atom. The summed E-state index contributed by atoms with van der Waals surface area (Å²) in [6, 6.07) is 10.5. The van der Waals surface area contributed by atoms with Crippen molar-refractivity contribution in [3.63, 3.8) is 0 Å². The number of aliphatic hydroxyl groups is 2. The van der Waals surface area contributed by atoms with E-state index in [4.69, 9.17) is 15.6 Å². The summed E-state index contributed by atoms with van der Waals surface area (Å²) in [5, 5.41) is 26.6. The number of nitrogens with two attached hydrogens (primary N) is 2. The molecule has 7 N–H and O–H groups in total. The highest BCUT2D eigenvalue weighted by atomic mass is 32.2. The van der Waals surface area contributed by atoms with Crippen LogP contribution in [0.2, 0.25) is 0 Å². The third-order valence-corrected chi connectivity index (χ3v) is 7.47. The number of rotatable bonds is 7. The maximum atomic E-state index is 14.9. The fraction of sp³-hybridized carbons (Fsp3) is 0.259. The van der Waals surface area contributed by atoms with Gasteiger partial charge in [0.1, 0.15) is 47.9 Å². The fourth-order valence-electron chi connectivity index (χ4n) is 4.88. The first-order valence-corrected chi connectivity index (χ1v) is 14.0. The number of hydrogen-bond acceptors (Lipinski definition) is 8. The van der Waals surface area contributed by atoms with Crippen molar-refractivity contribution in [2.75, 3.05) is 12.3 Å². The third-order valence-electron chi connectivity index (χ3n) is 6.90. The number of nitrogens with one attached hydrogen (secondary N) is 1. The maximum Gasteiger partial charge on any atom is 0.274 e. The summed E-state index contributed by atoms with van der Waals surface area (Å²) >= 11 is 0. The largest absolute Gasteiger partial charge is 0.489 e. The first-order chi connectivity index (χ1) is 19.5. The van der Waals surface area contributed by atoms with Gasteiger partial charge in [0.25, 0.3) is 10.2 Å². The van der Waals surface area contributed by atoms with Crippen molar-refractivity contribution in [2.24, 2.45) is 11.1 Å². The van der Waals surface area contributed by atoms with E-state index >= 15 is 0 Å². The zero-order valence-corrected chi connectivity index (χ0v) is 22.2. The molecule has 4 atom stereocenters. The molecule has 0 radical (unpaired) electrons. The van der Waals surface area contributed by atoms with Crippen LogP contribution in [0.25, 0.3) is 11.0 Å². The van der Waals surface area contributed by atoms with Crippen molar-refractivity contribution in [3.8, 4) is 17.6 Å². The molecule has 14 heteroatoms. The van der Waals surface area contributed by atoms with Gasteiger partial charge >= 0.3 is 0 Å². The summed E-state index contributed by atoms with van der Waals surface area (Å²) in [6.45, 7) is -0.0651. The molecular formula is C27H26F2N6O5S. The monoisotopic (exact) mass is 584 g/mol. The Hall–Kier alpha value is -4.13. The van der Waals surface area contributed by atoms with E-state index in [9.17, 15) is 27.4 Å². The molecule has 4 aromatic rings. The number of halogens is 2. The second-order valence-corrected chi connectivity index (χ2v) is 11.0. The van der Waals surface area contributed by atoms with Gasteiger partial charge in [-0.15, -0.1) is 0 Å². The minimum Gasteiger partial charge on any atom is -0.489 e. The Balaban J connectivity index is 1.44. The summed E-state index contributed by atoms with van der Waals surface area (Å²) in [4.78, 5) is 8.22. The molecule has 214 valence electrons. The van der Waals surface area contributed by atoms with Gasteiger partial charge in [-0.05, 0) is 12.0 Å². The van der Waals surface area contributed by atoms with E-state index in [-0.39, 0.29) is 47.7 Å². The summed E-state index contributed by atoms with van der Waals surface area (Å²) in [5.74, 6) is 2.77. The second kappa shape index (κ2) is 11.4. The molecule has 0 unspecified atom stereocenters. The van der Waals surface area contributed by atoms with Crippen LogP contribution in [0.1, 0.15) is 29.2 Å². The van der Waals surface area contributed by atoms with E-state index in [1.165, 1.54) is 17.1 Å². The van der Waals surface area contributed by atoms with Crippen LogP contribution in [0.4, 0.5) is 14.6 Å². The highest BCUT2D eigenvalue weighted by Gasteiger charge is 2.43. The van der Waals surface area contributed by atoms with E-state index in [1.54, 1.807) is 0 Å². The Labute approximate surface area is 234 Å². The number of benzene rings is 2. The molecule has 0 amide bonds. The number of ether oxygens (including phenoxy) is 1. The van der Waals surface area contributed by atoms with Gasteiger partial charge in [0.05, 0.1) is 28.7 Å². The molecule has 1 aliphatic carbocycles. The van der Waals surface area contributed by atoms with E-state index in [2.05, 4.69) is 26.5 Å². The zero-order valence-electron chi connectivity index (χ0n) is 21.4. The molecule has 2 aromatic carbocycles. The van der Waals surface area contributed by atoms with Crippen molar-refractivity contribution in [3.05, 3.63) is 83.3 Å². The second-order valence-electron chi connectivity index (χ2n) is 9.63. The van der Waals surface area contributed by atoms with Gasteiger partial charge in [-0.3, -0.25) is 0 Å². The van der Waals surface area contributed by atoms with Gasteiger partial charge in [0, 0.05) is 30.8 Å². The molecule has 2 heterocycles. The topological polar surface area (TPSA) is 179 Å². The zero-order chi connectivity index (χ0) is 29.3. The Kier molecular flexibility index (Phi) is 7.89. The first-order valence-electron chi connectivity index (χ1n) is 12.4. The van der Waals surface area contributed by atoms with Gasteiger partial charge in [0.15, 0.2) is 0 Å². The summed E-state index contributed by atoms with van der Waals surface area (Å²) in [5.41, 5.74) is 6.93. The highest BCUT2D eigenvalue weighted by Crippen LogP contribution is 2.38. The number of hydrogen-bond donors (Lipinski definition) is 5. The summed E-state index contributed by atoms with van der Waals surface area (Å²) in [7, 11) is -4.00. The Morgan fingerprint density at radius 3 is 2.49 bits per heavy atom. The van der Waals surface area contributed by atoms with Gasteiger partial charge in [-0.1, -0.05) is 42.2 Å². The lowest BCUT2D eigenvalue weighted by molar-refractivity contribution is 0.00769. The van der Waals surface area contributed by atoms with Crippen molar-refractivity contribution in [2.45, 2.75) is 31.3 Å². The minimum atomic E-state index is -4.00.